The summed E-state index contributed by atoms with van der Waals surface area (Å²) in [4.78, 5) is 11.8. The molecular formula is C11H21NO2. The fraction of sp³-hybridized carbons (Fsp3) is 0.909. The van der Waals surface area contributed by atoms with Crippen LogP contribution < -0.4 is 5.32 Å². The number of carbonyl (C=O) groups is 1. The molecule has 0 radical (unpaired) electrons. The Hall–Kier alpha value is -0.570. The van der Waals surface area contributed by atoms with E-state index in [9.17, 15) is 4.79 Å². The number of nitrogens with one attached hydrogen (secondary N) is 1. The van der Waals surface area contributed by atoms with Crippen LogP contribution in [0.1, 0.15) is 46.0 Å². The van der Waals surface area contributed by atoms with Gasteiger partial charge in [0.25, 0.3) is 5.91 Å². The molecule has 1 aliphatic rings. The molecule has 1 saturated carbocycles. The summed E-state index contributed by atoms with van der Waals surface area (Å²) in [6.45, 7) is 3.81. The van der Waals surface area contributed by atoms with E-state index in [1.165, 1.54) is 12.8 Å². The van der Waals surface area contributed by atoms with Crippen LogP contribution in [0.25, 0.3) is 0 Å². The van der Waals surface area contributed by atoms with Gasteiger partial charge in [0.15, 0.2) is 0 Å². The van der Waals surface area contributed by atoms with Gasteiger partial charge in [-0.15, -0.1) is 0 Å². The Labute approximate surface area is 86.2 Å². The Balaban J connectivity index is 2.46. The zero-order valence-electron chi connectivity index (χ0n) is 9.43. The molecule has 1 atom stereocenters. The molecule has 0 spiro atoms. The number of rotatable bonds is 4. The minimum atomic E-state index is -0.650. The Morgan fingerprint density at radius 3 is 2.50 bits per heavy atom. The fourth-order valence-electron chi connectivity index (χ4n) is 1.81. The number of methoxy groups -OCH3 is 1. The van der Waals surface area contributed by atoms with Crippen molar-refractivity contribution in [1.82, 2.24) is 5.32 Å². The molecule has 0 saturated heterocycles. The SMILES string of the molecule is CCC(C)(OC)C(=O)NC1CCCC1. The lowest BCUT2D eigenvalue weighted by molar-refractivity contribution is -0.142. The molecule has 0 aliphatic heterocycles. The van der Waals surface area contributed by atoms with E-state index >= 15 is 0 Å². The van der Waals surface area contributed by atoms with Crippen molar-refractivity contribution < 1.29 is 9.53 Å². The zero-order chi connectivity index (χ0) is 10.6. The van der Waals surface area contributed by atoms with Crippen molar-refractivity contribution in [3.05, 3.63) is 0 Å². The topological polar surface area (TPSA) is 38.3 Å². The van der Waals surface area contributed by atoms with Crippen molar-refractivity contribution in [2.75, 3.05) is 7.11 Å². The summed E-state index contributed by atoms with van der Waals surface area (Å²) in [6.07, 6.45) is 5.42. The van der Waals surface area contributed by atoms with Crippen molar-refractivity contribution in [1.29, 1.82) is 0 Å². The number of hydrogen-bond donors (Lipinski definition) is 1. The quantitative estimate of drug-likeness (QED) is 0.750. The molecule has 1 N–H and O–H groups in total. The second kappa shape index (κ2) is 4.78. The van der Waals surface area contributed by atoms with E-state index in [1.807, 2.05) is 13.8 Å². The molecule has 82 valence electrons. The van der Waals surface area contributed by atoms with E-state index in [-0.39, 0.29) is 5.91 Å². The first-order valence-corrected chi connectivity index (χ1v) is 5.48. The standard InChI is InChI=1S/C11H21NO2/c1-4-11(2,14-3)10(13)12-9-7-5-6-8-9/h9H,4-8H2,1-3H3,(H,12,13). The van der Waals surface area contributed by atoms with E-state index in [2.05, 4.69) is 5.32 Å². The molecule has 1 unspecified atom stereocenters. The zero-order valence-corrected chi connectivity index (χ0v) is 9.43. The highest BCUT2D eigenvalue weighted by Gasteiger charge is 2.32. The molecule has 3 nitrogen and oxygen atoms in total. The maximum absolute atomic E-state index is 11.8. The Kier molecular flexibility index (Phi) is 3.93. The smallest absolute Gasteiger partial charge is 0.252 e. The maximum Gasteiger partial charge on any atom is 0.252 e. The molecule has 1 amide bonds. The molecule has 0 heterocycles. The lowest BCUT2D eigenvalue weighted by Gasteiger charge is -2.27. The van der Waals surface area contributed by atoms with Crippen LogP contribution in [-0.2, 0) is 9.53 Å². The van der Waals surface area contributed by atoms with Gasteiger partial charge in [-0.3, -0.25) is 4.79 Å². The van der Waals surface area contributed by atoms with Gasteiger partial charge >= 0.3 is 0 Å². The second-order valence-corrected chi connectivity index (χ2v) is 4.24. The molecule has 0 aromatic heterocycles. The summed E-state index contributed by atoms with van der Waals surface area (Å²) in [6, 6.07) is 0.378. The summed E-state index contributed by atoms with van der Waals surface area (Å²) in [5, 5.41) is 3.06. The lowest BCUT2D eigenvalue weighted by atomic mass is 10.0. The van der Waals surface area contributed by atoms with Gasteiger partial charge in [0.05, 0.1) is 0 Å². The molecule has 3 heteroatoms. The Bertz CT molecular complexity index is 193. The van der Waals surface area contributed by atoms with Crippen LogP contribution >= 0.6 is 0 Å². The third-order valence-electron chi connectivity index (χ3n) is 3.30. The fourth-order valence-corrected chi connectivity index (χ4v) is 1.81. The average molecular weight is 199 g/mol. The summed E-state index contributed by atoms with van der Waals surface area (Å²) in [5.41, 5.74) is -0.650. The molecule has 1 aliphatic carbocycles. The van der Waals surface area contributed by atoms with E-state index in [0.29, 0.717) is 12.5 Å². The first-order valence-electron chi connectivity index (χ1n) is 5.48. The molecular weight excluding hydrogens is 178 g/mol. The Morgan fingerprint density at radius 1 is 1.50 bits per heavy atom. The van der Waals surface area contributed by atoms with Crippen LogP contribution in [0.15, 0.2) is 0 Å². The third kappa shape index (κ3) is 2.47. The van der Waals surface area contributed by atoms with E-state index in [1.54, 1.807) is 7.11 Å². The van der Waals surface area contributed by atoms with Gasteiger partial charge in [0, 0.05) is 13.2 Å². The van der Waals surface area contributed by atoms with Crippen LogP contribution in [-0.4, -0.2) is 24.7 Å². The van der Waals surface area contributed by atoms with Crippen LogP contribution in [0.5, 0.6) is 0 Å². The summed E-state index contributed by atoms with van der Waals surface area (Å²) in [5.74, 6) is 0.0365. The number of carbonyl (C=O) groups excluding carboxylic acids is 1. The van der Waals surface area contributed by atoms with Gasteiger partial charge in [-0.1, -0.05) is 19.8 Å². The summed E-state index contributed by atoms with van der Waals surface area (Å²) >= 11 is 0. The molecule has 14 heavy (non-hydrogen) atoms. The predicted molar refractivity (Wildman–Crippen MR) is 56.1 cm³/mol. The maximum atomic E-state index is 11.8. The minimum Gasteiger partial charge on any atom is -0.369 e. The van der Waals surface area contributed by atoms with E-state index in [0.717, 1.165) is 12.8 Å². The first kappa shape index (κ1) is 11.5. The number of amides is 1. The van der Waals surface area contributed by atoms with E-state index in [4.69, 9.17) is 4.74 Å². The highest BCUT2D eigenvalue weighted by atomic mass is 16.5. The molecule has 0 bridgehead atoms. The largest absolute Gasteiger partial charge is 0.369 e. The summed E-state index contributed by atoms with van der Waals surface area (Å²) in [7, 11) is 1.59. The molecule has 1 rings (SSSR count). The second-order valence-electron chi connectivity index (χ2n) is 4.24. The van der Waals surface area contributed by atoms with Crippen LogP contribution in [0.2, 0.25) is 0 Å². The monoisotopic (exact) mass is 199 g/mol. The van der Waals surface area contributed by atoms with Gasteiger partial charge in [-0.25, -0.2) is 0 Å². The molecule has 1 fully saturated rings. The van der Waals surface area contributed by atoms with Crippen molar-refractivity contribution in [3.8, 4) is 0 Å². The van der Waals surface area contributed by atoms with Gasteiger partial charge in [0.1, 0.15) is 5.60 Å². The predicted octanol–water partition coefficient (Wildman–Crippen LogP) is 1.86. The van der Waals surface area contributed by atoms with Gasteiger partial charge < -0.3 is 10.1 Å². The first-order chi connectivity index (χ1) is 6.62. The summed E-state index contributed by atoms with van der Waals surface area (Å²) < 4.78 is 5.25. The van der Waals surface area contributed by atoms with Crippen molar-refractivity contribution >= 4 is 5.91 Å². The van der Waals surface area contributed by atoms with Crippen LogP contribution in [0.3, 0.4) is 0 Å². The van der Waals surface area contributed by atoms with Gasteiger partial charge in [-0.2, -0.15) is 0 Å². The van der Waals surface area contributed by atoms with Crippen LogP contribution in [0, 0.1) is 0 Å². The van der Waals surface area contributed by atoms with Crippen molar-refractivity contribution in [2.45, 2.75) is 57.6 Å². The third-order valence-corrected chi connectivity index (χ3v) is 3.30. The highest BCUT2D eigenvalue weighted by Crippen LogP contribution is 2.20. The Morgan fingerprint density at radius 2 is 2.07 bits per heavy atom. The highest BCUT2D eigenvalue weighted by molar-refractivity contribution is 5.84. The van der Waals surface area contributed by atoms with Crippen molar-refractivity contribution in [3.63, 3.8) is 0 Å². The average Bonchev–Trinajstić information content (AvgIpc) is 2.69. The van der Waals surface area contributed by atoms with Crippen molar-refractivity contribution in [2.24, 2.45) is 0 Å². The number of ether oxygens (including phenoxy) is 1. The van der Waals surface area contributed by atoms with E-state index < -0.39 is 5.60 Å². The minimum absolute atomic E-state index is 0.0365. The molecule has 0 aromatic carbocycles. The number of hydrogen-bond acceptors (Lipinski definition) is 2. The normalized spacial score (nSPS) is 21.9. The molecule has 0 aromatic rings. The van der Waals surface area contributed by atoms with Crippen LogP contribution in [0.4, 0.5) is 0 Å². The van der Waals surface area contributed by atoms with Gasteiger partial charge in [0.2, 0.25) is 0 Å². The van der Waals surface area contributed by atoms with Gasteiger partial charge in [-0.05, 0) is 26.2 Å². The lowest BCUT2D eigenvalue weighted by Crippen LogP contribution is -2.48.